The lowest BCUT2D eigenvalue weighted by Crippen LogP contribution is -1.81. The van der Waals surface area contributed by atoms with Gasteiger partial charge in [-0.1, -0.05) is 36.4 Å². The Labute approximate surface area is 259 Å². The summed E-state index contributed by atoms with van der Waals surface area (Å²) in [6.07, 6.45) is 5.12. The van der Waals surface area contributed by atoms with Crippen LogP contribution in [0.15, 0.2) is 91.4 Å². The van der Waals surface area contributed by atoms with Crippen LogP contribution in [0.1, 0.15) is 16.7 Å². The van der Waals surface area contributed by atoms with Crippen LogP contribution in [-0.4, -0.2) is 82.4 Å². The number of benzene rings is 3. The SMILES string of the molecule is Cc1ccnc2c(O)cccc12.Cc1ccnc2c(O)cccc12.Cc1ccnc2c(O)cccc12.[AlH3].[AlH3].[AlH3]. The maximum absolute atomic E-state index is 9.43. The summed E-state index contributed by atoms with van der Waals surface area (Å²) in [5, 5.41) is 31.3. The number of aryl methyl sites for hydroxylation is 3. The Morgan fingerprint density at radius 1 is 0.410 bits per heavy atom. The third-order valence-electron chi connectivity index (χ3n) is 5.90. The first kappa shape index (κ1) is 33.9. The lowest BCUT2D eigenvalue weighted by atomic mass is 10.1. The van der Waals surface area contributed by atoms with Gasteiger partial charge in [0, 0.05) is 34.7 Å². The summed E-state index contributed by atoms with van der Waals surface area (Å²) in [6.45, 7) is 6.01. The maximum Gasteiger partial charge on any atom is 0.187 e. The minimum atomic E-state index is 0. The van der Waals surface area contributed by atoms with E-state index in [0.717, 1.165) is 32.8 Å². The van der Waals surface area contributed by atoms with E-state index >= 15 is 0 Å². The number of rotatable bonds is 0. The summed E-state index contributed by atoms with van der Waals surface area (Å²) in [5.41, 5.74) is 5.44. The molecule has 0 aliphatic rings. The first-order valence-electron chi connectivity index (χ1n) is 11.5. The Morgan fingerprint density at radius 2 is 0.667 bits per heavy atom. The second-order valence-corrected chi connectivity index (χ2v) is 8.40. The third kappa shape index (κ3) is 7.95. The average Bonchev–Trinajstić information content (AvgIpc) is 2.87. The largest absolute Gasteiger partial charge is 0.506 e. The van der Waals surface area contributed by atoms with Crippen LogP contribution in [0.25, 0.3) is 32.7 Å². The molecule has 6 aromatic rings. The van der Waals surface area contributed by atoms with E-state index in [0.29, 0.717) is 16.6 Å². The zero-order chi connectivity index (χ0) is 25.7. The standard InChI is InChI=1S/3C10H9NO.3Al.9H/c3*1-7-5-6-11-10-8(7)3-2-4-9(10)12;;;;;;;;;;;;/h3*2-6,12H,1H3;;;;;;;;;;;;. The van der Waals surface area contributed by atoms with Gasteiger partial charge < -0.3 is 15.3 Å². The molecule has 3 N–H and O–H groups in total. The van der Waals surface area contributed by atoms with Gasteiger partial charge in [0.25, 0.3) is 0 Å². The second-order valence-electron chi connectivity index (χ2n) is 8.40. The van der Waals surface area contributed by atoms with Gasteiger partial charge in [0.2, 0.25) is 0 Å². The predicted octanol–water partition coefficient (Wildman–Crippen LogP) is 3.19. The summed E-state index contributed by atoms with van der Waals surface area (Å²) in [4.78, 5) is 12.3. The Morgan fingerprint density at radius 3 is 0.897 bits per heavy atom. The fraction of sp³-hybridized carbons (Fsp3) is 0.100. The van der Waals surface area contributed by atoms with Crippen molar-refractivity contribution in [1.82, 2.24) is 15.0 Å². The highest BCUT2D eigenvalue weighted by molar-refractivity contribution is 5.88. The van der Waals surface area contributed by atoms with Gasteiger partial charge in [0.05, 0.1) is 0 Å². The fourth-order valence-electron chi connectivity index (χ4n) is 3.90. The van der Waals surface area contributed by atoms with Gasteiger partial charge in [-0.2, -0.15) is 0 Å². The number of fused-ring (bicyclic) bond motifs is 3. The molecule has 0 aliphatic carbocycles. The highest BCUT2D eigenvalue weighted by Crippen LogP contribution is 2.25. The number of pyridine rings is 3. The predicted molar refractivity (Wildman–Crippen MR) is 174 cm³/mol. The number of aromatic hydroxyl groups is 3. The normalized spacial score (nSPS) is 9.62. The van der Waals surface area contributed by atoms with E-state index in [2.05, 4.69) is 15.0 Å². The van der Waals surface area contributed by atoms with Crippen molar-refractivity contribution >= 4 is 84.8 Å². The van der Waals surface area contributed by atoms with Crippen LogP contribution in [0.4, 0.5) is 0 Å². The van der Waals surface area contributed by atoms with Crippen molar-refractivity contribution in [1.29, 1.82) is 0 Å². The molecule has 0 atom stereocenters. The van der Waals surface area contributed by atoms with Crippen molar-refractivity contribution in [2.24, 2.45) is 0 Å². The van der Waals surface area contributed by atoms with Crippen LogP contribution in [0.2, 0.25) is 0 Å². The second kappa shape index (κ2) is 15.5. The highest BCUT2D eigenvalue weighted by Gasteiger charge is 2.02. The summed E-state index contributed by atoms with van der Waals surface area (Å²) in [7, 11) is 0. The monoisotopic (exact) mass is 567 g/mol. The van der Waals surface area contributed by atoms with Crippen molar-refractivity contribution < 1.29 is 15.3 Å². The minimum Gasteiger partial charge on any atom is -0.506 e. The van der Waals surface area contributed by atoms with Crippen LogP contribution in [0.5, 0.6) is 17.2 Å². The maximum atomic E-state index is 9.43. The van der Waals surface area contributed by atoms with E-state index in [9.17, 15) is 15.3 Å². The van der Waals surface area contributed by atoms with Crippen molar-refractivity contribution in [3.05, 3.63) is 108 Å². The van der Waals surface area contributed by atoms with Crippen LogP contribution in [-0.2, 0) is 0 Å². The number of hydrogen-bond donors (Lipinski definition) is 3. The van der Waals surface area contributed by atoms with E-state index < -0.39 is 0 Å². The first-order chi connectivity index (χ1) is 17.4. The Bertz CT molecular complexity index is 1360. The molecular formula is C30H36Al3N3O3. The Kier molecular flexibility index (Phi) is 13.5. The van der Waals surface area contributed by atoms with Crippen molar-refractivity contribution in [3.63, 3.8) is 0 Å². The van der Waals surface area contributed by atoms with Crippen LogP contribution < -0.4 is 0 Å². The highest BCUT2D eigenvalue weighted by atomic mass is 27.0. The molecule has 6 nitrogen and oxygen atoms in total. The van der Waals surface area contributed by atoms with E-state index in [1.165, 1.54) is 0 Å². The third-order valence-corrected chi connectivity index (χ3v) is 5.90. The van der Waals surface area contributed by atoms with Crippen LogP contribution in [0, 0.1) is 20.8 Å². The zero-order valence-corrected chi connectivity index (χ0v) is 20.3. The van der Waals surface area contributed by atoms with Gasteiger partial charge in [-0.25, -0.2) is 0 Å². The molecule has 3 heterocycles. The van der Waals surface area contributed by atoms with Crippen molar-refractivity contribution in [2.45, 2.75) is 20.8 Å². The molecule has 0 radical (unpaired) electrons. The number of hydrogen-bond acceptors (Lipinski definition) is 6. The summed E-state index contributed by atoms with van der Waals surface area (Å²) in [6, 6.07) is 22.1. The molecule has 198 valence electrons. The topological polar surface area (TPSA) is 99.4 Å². The van der Waals surface area contributed by atoms with Gasteiger partial charge in [-0.05, 0) is 73.9 Å². The molecule has 39 heavy (non-hydrogen) atoms. The van der Waals surface area contributed by atoms with E-state index in [-0.39, 0.29) is 69.3 Å². The molecule has 0 amide bonds. The van der Waals surface area contributed by atoms with Crippen LogP contribution >= 0.6 is 0 Å². The number of nitrogens with zero attached hydrogens (tertiary/aromatic N) is 3. The lowest BCUT2D eigenvalue weighted by molar-refractivity contribution is 0.480. The summed E-state index contributed by atoms with van der Waals surface area (Å²) >= 11 is 0. The smallest absolute Gasteiger partial charge is 0.187 e. The molecule has 0 aliphatic heterocycles. The Balaban J connectivity index is 0.000000282. The fourth-order valence-corrected chi connectivity index (χ4v) is 3.90. The quantitative estimate of drug-likeness (QED) is 0.244. The molecule has 6 rings (SSSR count). The number of phenolic OH excluding ortho intramolecular Hbond substituents is 3. The van der Waals surface area contributed by atoms with Gasteiger partial charge >= 0.3 is 0 Å². The molecule has 0 saturated heterocycles. The summed E-state index contributed by atoms with van der Waals surface area (Å²) in [5.74, 6) is 0.739. The Hall–Kier alpha value is -3.11. The minimum absolute atomic E-state index is 0. The van der Waals surface area contributed by atoms with Crippen molar-refractivity contribution in [3.8, 4) is 17.2 Å². The van der Waals surface area contributed by atoms with Gasteiger partial charge in [0.1, 0.15) is 33.8 Å². The molecule has 0 bridgehead atoms. The van der Waals surface area contributed by atoms with Gasteiger partial charge in [-0.3, -0.25) is 15.0 Å². The van der Waals surface area contributed by atoms with E-state index in [1.54, 1.807) is 36.8 Å². The zero-order valence-electron chi connectivity index (χ0n) is 20.3. The lowest BCUT2D eigenvalue weighted by Gasteiger charge is -2.01. The number of phenols is 3. The molecule has 3 aromatic carbocycles. The number of para-hydroxylation sites is 3. The molecule has 0 fully saturated rings. The summed E-state index contributed by atoms with van der Waals surface area (Å²) < 4.78 is 0. The molecular weight excluding hydrogens is 531 g/mol. The molecule has 0 unspecified atom stereocenters. The van der Waals surface area contributed by atoms with Crippen molar-refractivity contribution in [2.75, 3.05) is 0 Å². The van der Waals surface area contributed by atoms with Gasteiger partial charge in [-0.15, -0.1) is 0 Å². The van der Waals surface area contributed by atoms with Gasteiger partial charge in [0.15, 0.2) is 52.1 Å². The molecule has 0 spiro atoms. The van der Waals surface area contributed by atoms with Crippen LogP contribution in [0.3, 0.4) is 0 Å². The molecule has 9 heteroatoms. The van der Waals surface area contributed by atoms with E-state index in [1.807, 2.05) is 75.4 Å². The average molecular weight is 568 g/mol. The van der Waals surface area contributed by atoms with E-state index in [4.69, 9.17) is 0 Å². The number of aromatic nitrogens is 3. The molecule has 0 saturated carbocycles. The molecule has 3 aromatic heterocycles. The first-order valence-corrected chi connectivity index (χ1v) is 11.5.